The molecule has 0 saturated carbocycles. The van der Waals surface area contributed by atoms with Crippen LogP contribution in [0, 0.1) is 23.4 Å². The van der Waals surface area contributed by atoms with E-state index in [1.54, 1.807) is 0 Å². The zero-order valence-electron chi connectivity index (χ0n) is 11.0. The van der Waals surface area contributed by atoms with E-state index in [4.69, 9.17) is 10.3 Å². The normalized spacial score (nSPS) is 14.3. The quantitative estimate of drug-likeness (QED) is 0.876. The number of benzene rings is 1. The SMILES string of the molecule is CCC(C)[C@H](N)c1nc(-c2cc(F)c(F)c(F)c2)no1. The lowest BCUT2D eigenvalue weighted by atomic mass is 10.0. The molecule has 0 aliphatic carbocycles. The summed E-state index contributed by atoms with van der Waals surface area (Å²) in [7, 11) is 0. The van der Waals surface area contributed by atoms with Gasteiger partial charge < -0.3 is 10.3 Å². The first-order valence-electron chi connectivity index (χ1n) is 6.18. The fourth-order valence-corrected chi connectivity index (χ4v) is 1.67. The van der Waals surface area contributed by atoms with Gasteiger partial charge in [-0.1, -0.05) is 25.4 Å². The van der Waals surface area contributed by atoms with Gasteiger partial charge in [0.15, 0.2) is 17.5 Å². The summed E-state index contributed by atoms with van der Waals surface area (Å²) in [6.45, 7) is 3.89. The van der Waals surface area contributed by atoms with E-state index in [0.29, 0.717) is 0 Å². The first-order valence-corrected chi connectivity index (χ1v) is 6.18. The summed E-state index contributed by atoms with van der Waals surface area (Å²) in [6.07, 6.45) is 0.818. The number of hydrogen-bond acceptors (Lipinski definition) is 4. The number of halogens is 3. The number of nitrogens with zero attached hydrogens (tertiary/aromatic N) is 2. The van der Waals surface area contributed by atoms with Crippen LogP contribution in [0.1, 0.15) is 32.2 Å². The number of rotatable bonds is 4. The van der Waals surface area contributed by atoms with E-state index in [1.165, 1.54) is 0 Å². The van der Waals surface area contributed by atoms with Gasteiger partial charge in [-0.25, -0.2) is 13.2 Å². The predicted molar refractivity (Wildman–Crippen MR) is 66.0 cm³/mol. The minimum Gasteiger partial charge on any atom is -0.337 e. The van der Waals surface area contributed by atoms with Crippen LogP contribution < -0.4 is 5.73 Å². The van der Waals surface area contributed by atoms with Gasteiger partial charge in [0, 0.05) is 5.56 Å². The molecular formula is C13H14F3N3O. The van der Waals surface area contributed by atoms with Crippen molar-refractivity contribution in [2.45, 2.75) is 26.3 Å². The predicted octanol–water partition coefficient (Wildman–Crippen LogP) is 3.20. The van der Waals surface area contributed by atoms with Crippen LogP contribution in [-0.4, -0.2) is 10.1 Å². The van der Waals surface area contributed by atoms with Crippen LogP contribution in [0.4, 0.5) is 13.2 Å². The van der Waals surface area contributed by atoms with Gasteiger partial charge in [0.2, 0.25) is 11.7 Å². The second-order valence-corrected chi connectivity index (χ2v) is 4.62. The molecule has 2 atom stereocenters. The highest BCUT2D eigenvalue weighted by Gasteiger charge is 2.21. The number of aromatic nitrogens is 2. The lowest BCUT2D eigenvalue weighted by Crippen LogP contribution is -2.18. The van der Waals surface area contributed by atoms with Crippen LogP contribution in [0.15, 0.2) is 16.7 Å². The smallest absolute Gasteiger partial charge is 0.244 e. The Labute approximate surface area is 113 Å². The molecule has 0 aliphatic rings. The third-order valence-electron chi connectivity index (χ3n) is 3.23. The van der Waals surface area contributed by atoms with Gasteiger partial charge in [0.25, 0.3) is 0 Å². The molecule has 108 valence electrons. The summed E-state index contributed by atoms with van der Waals surface area (Å²) in [5, 5.41) is 3.61. The third kappa shape index (κ3) is 2.67. The maximum atomic E-state index is 13.1. The Kier molecular flexibility index (Phi) is 4.08. The molecule has 4 nitrogen and oxygen atoms in total. The van der Waals surface area contributed by atoms with Crippen molar-refractivity contribution in [2.75, 3.05) is 0 Å². The van der Waals surface area contributed by atoms with Crippen molar-refractivity contribution in [1.29, 1.82) is 0 Å². The molecule has 20 heavy (non-hydrogen) atoms. The molecule has 2 rings (SSSR count). The summed E-state index contributed by atoms with van der Waals surface area (Å²) in [4.78, 5) is 4.00. The molecule has 0 saturated heterocycles. The molecule has 0 amide bonds. The van der Waals surface area contributed by atoms with Gasteiger partial charge in [-0.3, -0.25) is 0 Å². The van der Waals surface area contributed by atoms with Gasteiger partial charge in [-0.05, 0) is 18.1 Å². The summed E-state index contributed by atoms with van der Waals surface area (Å²) >= 11 is 0. The third-order valence-corrected chi connectivity index (χ3v) is 3.23. The molecule has 1 unspecified atom stereocenters. The van der Waals surface area contributed by atoms with E-state index >= 15 is 0 Å². The van der Waals surface area contributed by atoms with Gasteiger partial charge in [-0.15, -0.1) is 0 Å². The van der Waals surface area contributed by atoms with Crippen LogP contribution in [0.25, 0.3) is 11.4 Å². The highest BCUT2D eigenvalue weighted by Crippen LogP contribution is 2.25. The largest absolute Gasteiger partial charge is 0.337 e. The van der Waals surface area contributed by atoms with Crippen molar-refractivity contribution >= 4 is 0 Å². The zero-order chi connectivity index (χ0) is 14.9. The zero-order valence-corrected chi connectivity index (χ0v) is 11.0. The fourth-order valence-electron chi connectivity index (χ4n) is 1.67. The van der Waals surface area contributed by atoms with Crippen LogP contribution in [-0.2, 0) is 0 Å². The Balaban J connectivity index is 2.34. The Morgan fingerprint density at radius 3 is 2.40 bits per heavy atom. The van der Waals surface area contributed by atoms with Gasteiger partial charge in [-0.2, -0.15) is 4.98 Å². The fraction of sp³-hybridized carbons (Fsp3) is 0.385. The molecule has 1 heterocycles. The van der Waals surface area contributed by atoms with Crippen LogP contribution in [0.5, 0.6) is 0 Å². The van der Waals surface area contributed by atoms with Crippen LogP contribution >= 0.6 is 0 Å². The molecule has 2 aromatic rings. The van der Waals surface area contributed by atoms with E-state index in [0.717, 1.165) is 18.6 Å². The lowest BCUT2D eigenvalue weighted by molar-refractivity contribution is 0.312. The average molecular weight is 285 g/mol. The van der Waals surface area contributed by atoms with E-state index in [9.17, 15) is 13.2 Å². The Bertz CT molecular complexity index is 592. The molecule has 1 aromatic heterocycles. The summed E-state index contributed by atoms with van der Waals surface area (Å²) in [5.74, 6) is -3.88. The molecule has 2 N–H and O–H groups in total. The van der Waals surface area contributed by atoms with Crippen LogP contribution in [0.3, 0.4) is 0 Å². The molecule has 7 heteroatoms. The second-order valence-electron chi connectivity index (χ2n) is 4.62. The highest BCUT2D eigenvalue weighted by atomic mass is 19.2. The van der Waals surface area contributed by atoms with Crippen molar-refractivity contribution in [3.8, 4) is 11.4 Å². The maximum Gasteiger partial charge on any atom is 0.244 e. The van der Waals surface area contributed by atoms with Crippen molar-refractivity contribution in [3.05, 3.63) is 35.5 Å². The topological polar surface area (TPSA) is 64.9 Å². The summed E-state index contributed by atoms with van der Waals surface area (Å²) in [5.41, 5.74) is 5.91. The van der Waals surface area contributed by atoms with E-state index in [1.807, 2.05) is 13.8 Å². The Morgan fingerprint density at radius 1 is 1.25 bits per heavy atom. The van der Waals surface area contributed by atoms with Crippen molar-refractivity contribution in [3.63, 3.8) is 0 Å². The Hall–Kier alpha value is -1.89. The monoisotopic (exact) mass is 285 g/mol. The summed E-state index contributed by atoms with van der Waals surface area (Å²) in [6, 6.07) is 1.15. The molecule has 0 fully saturated rings. The minimum absolute atomic E-state index is 0.00671. The van der Waals surface area contributed by atoms with Crippen molar-refractivity contribution in [2.24, 2.45) is 11.7 Å². The van der Waals surface area contributed by atoms with Crippen molar-refractivity contribution < 1.29 is 17.7 Å². The second kappa shape index (κ2) is 5.62. The van der Waals surface area contributed by atoms with Gasteiger partial charge in [0.1, 0.15) is 0 Å². The Morgan fingerprint density at radius 2 is 1.85 bits per heavy atom. The van der Waals surface area contributed by atoms with E-state index in [-0.39, 0.29) is 23.2 Å². The molecular weight excluding hydrogens is 271 g/mol. The number of hydrogen-bond donors (Lipinski definition) is 1. The molecule has 0 spiro atoms. The minimum atomic E-state index is -1.53. The molecule has 0 aliphatic heterocycles. The highest BCUT2D eigenvalue weighted by molar-refractivity contribution is 5.54. The standard InChI is InChI=1S/C13H14F3N3O/c1-3-6(2)11(17)13-18-12(19-20-13)7-4-8(14)10(16)9(15)5-7/h4-6,11H,3,17H2,1-2H3/t6?,11-/m0/s1. The van der Waals surface area contributed by atoms with E-state index in [2.05, 4.69) is 10.1 Å². The number of nitrogens with two attached hydrogens (primary N) is 1. The molecule has 1 aromatic carbocycles. The molecule has 0 radical (unpaired) electrons. The summed E-state index contributed by atoms with van der Waals surface area (Å²) < 4.78 is 44.2. The molecule has 0 bridgehead atoms. The first-order chi connectivity index (χ1) is 9.43. The van der Waals surface area contributed by atoms with E-state index < -0.39 is 23.5 Å². The lowest BCUT2D eigenvalue weighted by Gasteiger charge is -2.12. The first kappa shape index (κ1) is 14.5. The average Bonchev–Trinajstić information content (AvgIpc) is 2.92. The maximum absolute atomic E-state index is 13.1. The van der Waals surface area contributed by atoms with Crippen LogP contribution in [0.2, 0.25) is 0 Å². The van der Waals surface area contributed by atoms with Crippen molar-refractivity contribution in [1.82, 2.24) is 10.1 Å². The van der Waals surface area contributed by atoms with Gasteiger partial charge >= 0.3 is 0 Å². The van der Waals surface area contributed by atoms with Gasteiger partial charge in [0.05, 0.1) is 6.04 Å².